The first-order valence-electron chi connectivity index (χ1n) is 7.90. The van der Waals surface area contributed by atoms with Crippen molar-refractivity contribution >= 4 is 34.2 Å². The molecule has 0 spiro atoms. The van der Waals surface area contributed by atoms with Crippen LogP contribution in [0.1, 0.15) is 5.01 Å². The van der Waals surface area contributed by atoms with Crippen LogP contribution in [0.3, 0.4) is 0 Å². The van der Waals surface area contributed by atoms with Crippen LogP contribution in [0.15, 0.2) is 24.4 Å². The molecule has 3 amide bonds. The van der Waals surface area contributed by atoms with Crippen molar-refractivity contribution in [3.05, 3.63) is 29.4 Å². The molecule has 1 aliphatic rings. The van der Waals surface area contributed by atoms with Crippen LogP contribution < -0.4 is 15.5 Å². The third-order valence-electron chi connectivity index (χ3n) is 3.71. The molecule has 0 aromatic carbocycles. The highest BCUT2D eigenvalue weighted by Gasteiger charge is 2.22. The molecule has 0 unspecified atom stereocenters. The van der Waals surface area contributed by atoms with Crippen LogP contribution in [-0.4, -0.2) is 64.7 Å². The predicted octanol–water partition coefficient (Wildman–Crippen LogP) is 0.712. The third-order valence-corrected chi connectivity index (χ3v) is 4.47. The van der Waals surface area contributed by atoms with E-state index in [9.17, 15) is 9.59 Å². The lowest BCUT2D eigenvalue weighted by Gasteiger charge is -2.35. The molecule has 132 valence electrons. The number of nitrogens with zero attached hydrogens (tertiary/aromatic N) is 5. The van der Waals surface area contributed by atoms with Crippen LogP contribution in [0.25, 0.3) is 0 Å². The minimum Gasteiger partial charge on any atom is -0.353 e. The molecule has 2 aromatic heterocycles. The molecule has 0 atom stereocenters. The van der Waals surface area contributed by atoms with Gasteiger partial charge in [-0.25, -0.2) is 9.78 Å². The molecule has 10 heteroatoms. The fourth-order valence-electron chi connectivity index (χ4n) is 2.46. The van der Waals surface area contributed by atoms with Gasteiger partial charge in [-0.15, -0.1) is 10.2 Å². The smallest absolute Gasteiger partial charge is 0.317 e. The molecule has 0 saturated carbocycles. The van der Waals surface area contributed by atoms with E-state index in [4.69, 9.17) is 0 Å². The summed E-state index contributed by atoms with van der Waals surface area (Å²) in [7, 11) is 0. The number of nitrogens with one attached hydrogen (secondary N) is 2. The highest BCUT2D eigenvalue weighted by molar-refractivity contribution is 7.15. The second kappa shape index (κ2) is 7.88. The van der Waals surface area contributed by atoms with Gasteiger partial charge in [0.05, 0.1) is 6.54 Å². The Bertz CT molecular complexity index is 728. The maximum absolute atomic E-state index is 12.2. The minimum absolute atomic E-state index is 0.0993. The average molecular weight is 361 g/mol. The zero-order valence-electron chi connectivity index (χ0n) is 13.8. The first-order valence-corrected chi connectivity index (χ1v) is 8.72. The molecule has 2 aromatic rings. The van der Waals surface area contributed by atoms with Crippen LogP contribution in [-0.2, 0) is 4.79 Å². The number of aryl methyl sites for hydroxylation is 1. The van der Waals surface area contributed by atoms with Crippen molar-refractivity contribution < 1.29 is 9.59 Å². The van der Waals surface area contributed by atoms with E-state index in [0.717, 1.165) is 10.8 Å². The van der Waals surface area contributed by atoms with Crippen molar-refractivity contribution in [2.75, 3.05) is 42.9 Å². The number of pyridine rings is 1. The Morgan fingerprint density at radius 2 is 2.00 bits per heavy atom. The summed E-state index contributed by atoms with van der Waals surface area (Å²) in [4.78, 5) is 32.1. The molecular weight excluding hydrogens is 342 g/mol. The van der Waals surface area contributed by atoms with E-state index in [1.54, 1.807) is 18.0 Å². The zero-order valence-corrected chi connectivity index (χ0v) is 14.6. The lowest BCUT2D eigenvalue weighted by atomic mass is 10.3. The lowest BCUT2D eigenvalue weighted by Crippen LogP contribution is -2.52. The summed E-state index contributed by atoms with van der Waals surface area (Å²) >= 11 is 1.29. The Morgan fingerprint density at radius 3 is 2.64 bits per heavy atom. The summed E-state index contributed by atoms with van der Waals surface area (Å²) in [6.07, 6.45) is 1.76. The molecular formula is C15H19N7O2S. The van der Waals surface area contributed by atoms with E-state index in [1.165, 1.54) is 11.3 Å². The normalized spacial score (nSPS) is 14.3. The quantitative estimate of drug-likeness (QED) is 0.831. The minimum atomic E-state index is -0.323. The Morgan fingerprint density at radius 1 is 1.20 bits per heavy atom. The second-order valence-corrected chi connectivity index (χ2v) is 6.68. The molecule has 0 aliphatic carbocycles. The van der Waals surface area contributed by atoms with Gasteiger partial charge in [0.2, 0.25) is 11.0 Å². The molecule has 3 heterocycles. The Labute approximate surface area is 149 Å². The van der Waals surface area contributed by atoms with E-state index in [0.29, 0.717) is 31.3 Å². The van der Waals surface area contributed by atoms with Crippen molar-refractivity contribution in [2.24, 2.45) is 0 Å². The number of aromatic nitrogens is 3. The van der Waals surface area contributed by atoms with Gasteiger partial charge in [0.25, 0.3) is 0 Å². The largest absolute Gasteiger partial charge is 0.353 e. The predicted molar refractivity (Wildman–Crippen MR) is 94.7 cm³/mol. The zero-order chi connectivity index (χ0) is 17.6. The molecule has 25 heavy (non-hydrogen) atoms. The number of hydrogen-bond donors (Lipinski definition) is 2. The highest BCUT2D eigenvalue weighted by Crippen LogP contribution is 2.13. The maximum Gasteiger partial charge on any atom is 0.317 e. The Balaban J connectivity index is 1.41. The molecule has 1 saturated heterocycles. The van der Waals surface area contributed by atoms with Crippen molar-refractivity contribution in [2.45, 2.75) is 6.92 Å². The van der Waals surface area contributed by atoms with Crippen LogP contribution in [0.4, 0.5) is 15.7 Å². The fourth-order valence-corrected chi connectivity index (χ4v) is 3.07. The van der Waals surface area contributed by atoms with Gasteiger partial charge in [-0.2, -0.15) is 0 Å². The Kier molecular flexibility index (Phi) is 5.39. The van der Waals surface area contributed by atoms with E-state index in [-0.39, 0.29) is 18.5 Å². The summed E-state index contributed by atoms with van der Waals surface area (Å²) in [5, 5.41) is 14.1. The van der Waals surface area contributed by atoms with Crippen LogP contribution in [0, 0.1) is 6.92 Å². The van der Waals surface area contributed by atoms with Crippen LogP contribution in [0.5, 0.6) is 0 Å². The summed E-state index contributed by atoms with van der Waals surface area (Å²) in [6.45, 7) is 4.29. The van der Waals surface area contributed by atoms with Gasteiger partial charge >= 0.3 is 6.03 Å². The van der Waals surface area contributed by atoms with Gasteiger partial charge in [-0.3, -0.25) is 10.1 Å². The monoisotopic (exact) mass is 361 g/mol. The third kappa shape index (κ3) is 4.63. The van der Waals surface area contributed by atoms with Crippen molar-refractivity contribution in [3.8, 4) is 0 Å². The fraction of sp³-hybridized carbons (Fsp3) is 0.400. The van der Waals surface area contributed by atoms with E-state index in [2.05, 4.69) is 30.7 Å². The molecule has 0 radical (unpaired) electrons. The molecule has 2 N–H and O–H groups in total. The van der Waals surface area contributed by atoms with Gasteiger partial charge in [-0.05, 0) is 19.1 Å². The topological polar surface area (TPSA) is 103 Å². The van der Waals surface area contributed by atoms with E-state index in [1.807, 2.05) is 18.2 Å². The van der Waals surface area contributed by atoms with Crippen LogP contribution in [0.2, 0.25) is 0 Å². The number of amides is 3. The number of anilines is 2. The SMILES string of the molecule is Cc1nnc(NC(=O)CNC(=O)N2CCN(c3ccccn3)CC2)s1. The number of rotatable bonds is 4. The van der Waals surface area contributed by atoms with Gasteiger partial charge in [-0.1, -0.05) is 17.4 Å². The summed E-state index contributed by atoms with van der Waals surface area (Å²) in [5.74, 6) is 0.589. The Hall–Kier alpha value is -2.75. The standard InChI is InChI=1S/C15H19N7O2S/c1-11-19-20-14(25-11)18-13(23)10-17-15(24)22-8-6-21(7-9-22)12-4-2-3-5-16-12/h2-5H,6-10H2,1H3,(H,17,24)(H,18,20,23). The van der Waals surface area contributed by atoms with E-state index >= 15 is 0 Å². The van der Waals surface area contributed by atoms with Crippen molar-refractivity contribution in [3.63, 3.8) is 0 Å². The van der Waals surface area contributed by atoms with Gasteiger partial charge in [0, 0.05) is 32.4 Å². The second-order valence-electron chi connectivity index (χ2n) is 5.50. The average Bonchev–Trinajstić information content (AvgIpc) is 3.05. The number of urea groups is 1. The van der Waals surface area contributed by atoms with Crippen LogP contribution >= 0.6 is 11.3 Å². The van der Waals surface area contributed by atoms with E-state index < -0.39 is 0 Å². The maximum atomic E-state index is 12.2. The molecule has 1 fully saturated rings. The summed E-state index contributed by atoms with van der Waals surface area (Å²) in [5.41, 5.74) is 0. The van der Waals surface area contributed by atoms with Crippen molar-refractivity contribution in [1.29, 1.82) is 0 Å². The number of carbonyl (C=O) groups excluding carboxylic acids is 2. The van der Waals surface area contributed by atoms with Gasteiger partial charge < -0.3 is 15.1 Å². The molecule has 9 nitrogen and oxygen atoms in total. The van der Waals surface area contributed by atoms with Gasteiger partial charge in [0.1, 0.15) is 10.8 Å². The molecule has 3 rings (SSSR count). The summed E-state index contributed by atoms with van der Waals surface area (Å²) < 4.78 is 0. The van der Waals surface area contributed by atoms with Crippen molar-refractivity contribution in [1.82, 2.24) is 25.4 Å². The lowest BCUT2D eigenvalue weighted by molar-refractivity contribution is -0.115. The number of piperazine rings is 1. The number of carbonyl (C=O) groups is 2. The molecule has 0 bridgehead atoms. The number of hydrogen-bond acceptors (Lipinski definition) is 7. The first kappa shape index (κ1) is 17.1. The molecule has 1 aliphatic heterocycles. The van der Waals surface area contributed by atoms with Gasteiger partial charge in [0.15, 0.2) is 0 Å². The first-order chi connectivity index (χ1) is 12.1. The highest BCUT2D eigenvalue weighted by atomic mass is 32.1. The summed E-state index contributed by atoms with van der Waals surface area (Å²) in [6, 6.07) is 5.53.